The Balaban J connectivity index is 2.10. The summed E-state index contributed by atoms with van der Waals surface area (Å²) in [5.74, 6) is -0.263. The van der Waals surface area contributed by atoms with Crippen LogP contribution < -0.4 is 15.4 Å². The summed E-state index contributed by atoms with van der Waals surface area (Å²) in [6, 6.07) is 9.17. The summed E-state index contributed by atoms with van der Waals surface area (Å²) in [4.78, 5) is 30.0. The van der Waals surface area contributed by atoms with Crippen LogP contribution in [0.4, 0.5) is 11.4 Å². The van der Waals surface area contributed by atoms with Gasteiger partial charge in [0.1, 0.15) is 18.0 Å². The quantitative estimate of drug-likeness (QED) is 0.344. The maximum absolute atomic E-state index is 12.9. The molecule has 36 heavy (non-hydrogen) atoms. The first-order valence-electron chi connectivity index (χ1n) is 11.6. The van der Waals surface area contributed by atoms with Crippen LogP contribution in [0.25, 0.3) is 11.0 Å². The van der Waals surface area contributed by atoms with Crippen molar-refractivity contribution >= 4 is 34.3 Å². The third-order valence-electron chi connectivity index (χ3n) is 6.04. The van der Waals surface area contributed by atoms with Gasteiger partial charge in [-0.25, -0.2) is 9.78 Å². The van der Waals surface area contributed by atoms with Crippen molar-refractivity contribution in [3.63, 3.8) is 0 Å². The number of nitrogens with zero attached hydrogens (tertiary/aromatic N) is 2. The minimum absolute atomic E-state index is 0.180. The van der Waals surface area contributed by atoms with E-state index in [1.54, 1.807) is 37.8 Å². The van der Waals surface area contributed by atoms with E-state index < -0.39 is 17.5 Å². The number of anilines is 2. The van der Waals surface area contributed by atoms with E-state index in [4.69, 9.17) is 14.2 Å². The van der Waals surface area contributed by atoms with Gasteiger partial charge in [-0.05, 0) is 51.0 Å². The van der Waals surface area contributed by atoms with E-state index in [0.29, 0.717) is 35.4 Å². The van der Waals surface area contributed by atoms with Crippen LogP contribution in [0.1, 0.15) is 36.8 Å². The molecule has 0 radical (unpaired) electrons. The minimum atomic E-state index is -0.980. The van der Waals surface area contributed by atoms with Gasteiger partial charge in [0, 0.05) is 19.0 Å². The molecule has 10 heteroatoms. The van der Waals surface area contributed by atoms with Gasteiger partial charge in [-0.3, -0.25) is 4.79 Å². The lowest BCUT2D eigenvalue weighted by Gasteiger charge is -2.27. The fourth-order valence-electron chi connectivity index (χ4n) is 3.72. The molecule has 0 saturated carbocycles. The van der Waals surface area contributed by atoms with E-state index >= 15 is 0 Å². The van der Waals surface area contributed by atoms with Gasteiger partial charge in [-0.1, -0.05) is 12.1 Å². The van der Waals surface area contributed by atoms with Crippen molar-refractivity contribution in [2.45, 2.75) is 45.4 Å². The van der Waals surface area contributed by atoms with E-state index in [2.05, 4.69) is 15.6 Å². The molecule has 194 valence electrons. The minimum Gasteiger partial charge on any atom is -0.497 e. The lowest BCUT2D eigenvalue weighted by Crippen LogP contribution is -2.39. The van der Waals surface area contributed by atoms with Crippen molar-refractivity contribution in [3.05, 3.63) is 47.8 Å². The number of aliphatic hydroxyl groups is 1. The van der Waals surface area contributed by atoms with Gasteiger partial charge in [0.05, 0.1) is 43.4 Å². The Morgan fingerprint density at radius 2 is 1.86 bits per heavy atom. The molecular formula is C26H34N4O6. The molecule has 2 heterocycles. The Hall–Kier alpha value is -3.63. The monoisotopic (exact) mass is 498 g/mol. The molecule has 3 N–H and O–H groups in total. The molecule has 0 aliphatic rings. The number of pyridine rings is 1. The lowest BCUT2D eigenvalue weighted by molar-refractivity contribution is -0.119. The fraction of sp³-hybridized carbons (Fsp3) is 0.423. The van der Waals surface area contributed by atoms with Crippen LogP contribution in [0.2, 0.25) is 0 Å². The summed E-state index contributed by atoms with van der Waals surface area (Å²) in [7, 11) is 4.32. The number of nitrogens with one attached hydrogen (secondary N) is 2. The number of aryl methyl sites for hydroxylation is 2. The smallest absolute Gasteiger partial charge is 0.356 e. The molecular weight excluding hydrogens is 464 g/mol. The lowest BCUT2D eigenvalue weighted by atomic mass is 10.0. The van der Waals surface area contributed by atoms with Crippen LogP contribution in [0.5, 0.6) is 5.75 Å². The van der Waals surface area contributed by atoms with Gasteiger partial charge in [0.2, 0.25) is 5.91 Å². The first kappa shape index (κ1) is 27.0. The summed E-state index contributed by atoms with van der Waals surface area (Å²) in [5.41, 5.74) is 1.68. The summed E-state index contributed by atoms with van der Waals surface area (Å²) in [5, 5.41) is 16.9. The number of methoxy groups -OCH3 is 3. The second-order valence-corrected chi connectivity index (χ2v) is 9.06. The zero-order valence-electron chi connectivity index (χ0n) is 21.5. The van der Waals surface area contributed by atoms with Gasteiger partial charge in [-0.2, -0.15) is 0 Å². The van der Waals surface area contributed by atoms with Gasteiger partial charge in [0.15, 0.2) is 5.69 Å². The molecule has 0 aliphatic carbocycles. The average molecular weight is 499 g/mol. The summed E-state index contributed by atoms with van der Waals surface area (Å²) in [6.45, 7) is 5.49. The topological polar surface area (TPSA) is 124 Å². The Labute approximate surface area is 210 Å². The standard InChI is InChI=1S/C26H34N4O6/c1-16(26(2,3)33)28-18-13-20-22(29-21(31)15-34-4)23(25(32)36-6)30(24(20)27-14-18)12-11-17-7-9-19(35-5)10-8-17/h7-10,13-14,16,28,33H,11-12,15H2,1-6H3,(H,29,31). The SMILES string of the molecule is COCC(=O)Nc1c(C(=O)OC)n(CCc2ccc(OC)cc2)c2ncc(NC(C)C(C)(C)O)cc12. The highest BCUT2D eigenvalue weighted by Gasteiger charge is 2.27. The van der Waals surface area contributed by atoms with Crippen LogP contribution in [-0.4, -0.2) is 66.1 Å². The van der Waals surface area contributed by atoms with Crippen molar-refractivity contribution in [2.24, 2.45) is 0 Å². The second kappa shape index (κ2) is 11.4. The molecule has 0 bridgehead atoms. The maximum atomic E-state index is 12.9. The zero-order chi connectivity index (χ0) is 26.5. The first-order chi connectivity index (χ1) is 17.1. The van der Waals surface area contributed by atoms with E-state index in [-0.39, 0.29) is 18.3 Å². The van der Waals surface area contributed by atoms with E-state index in [9.17, 15) is 14.7 Å². The fourth-order valence-corrected chi connectivity index (χ4v) is 3.72. The molecule has 10 nitrogen and oxygen atoms in total. The van der Waals surface area contributed by atoms with Crippen LogP contribution >= 0.6 is 0 Å². The Morgan fingerprint density at radius 3 is 2.44 bits per heavy atom. The molecule has 1 atom stereocenters. The molecule has 1 unspecified atom stereocenters. The molecule has 0 spiro atoms. The largest absolute Gasteiger partial charge is 0.497 e. The molecule has 2 aromatic heterocycles. The van der Waals surface area contributed by atoms with Crippen molar-refractivity contribution in [1.82, 2.24) is 9.55 Å². The maximum Gasteiger partial charge on any atom is 0.356 e. The number of ether oxygens (including phenoxy) is 3. The Kier molecular flexibility index (Phi) is 8.54. The number of fused-ring (bicyclic) bond motifs is 1. The second-order valence-electron chi connectivity index (χ2n) is 9.06. The molecule has 0 fully saturated rings. The molecule has 0 aliphatic heterocycles. The van der Waals surface area contributed by atoms with Crippen molar-refractivity contribution in [1.29, 1.82) is 0 Å². The third-order valence-corrected chi connectivity index (χ3v) is 6.04. The van der Waals surface area contributed by atoms with E-state index in [1.807, 2.05) is 31.2 Å². The van der Waals surface area contributed by atoms with Gasteiger partial charge in [-0.15, -0.1) is 0 Å². The highest BCUT2D eigenvalue weighted by Crippen LogP contribution is 2.33. The van der Waals surface area contributed by atoms with Crippen molar-refractivity contribution in [3.8, 4) is 5.75 Å². The summed E-state index contributed by atoms with van der Waals surface area (Å²) >= 11 is 0. The Bertz CT molecular complexity index is 1210. The Morgan fingerprint density at radius 1 is 1.17 bits per heavy atom. The number of hydrogen-bond donors (Lipinski definition) is 3. The van der Waals surface area contributed by atoms with E-state index in [0.717, 1.165) is 11.3 Å². The number of esters is 1. The molecule has 1 amide bonds. The van der Waals surface area contributed by atoms with Gasteiger partial charge in [0.25, 0.3) is 0 Å². The predicted molar refractivity (Wildman–Crippen MR) is 138 cm³/mol. The van der Waals surface area contributed by atoms with Crippen LogP contribution in [0.3, 0.4) is 0 Å². The van der Waals surface area contributed by atoms with Crippen molar-refractivity contribution in [2.75, 3.05) is 38.6 Å². The molecule has 0 saturated heterocycles. The third kappa shape index (κ3) is 6.13. The summed E-state index contributed by atoms with van der Waals surface area (Å²) in [6.07, 6.45) is 2.23. The average Bonchev–Trinajstić information content (AvgIpc) is 3.14. The van der Waals surface area contributed by atoms with E-state index in [1.165, 1.54) is 14.2 Å². The number of rotatable bonds is 11. The van der Waals surface area contributed by atoms with Crippen molar-refractivity contribution < 1.29 is 28.9 Å². The number of carbonyl (C=O) groups is 2. The normalized spacial score (nSPS) is 12.3. The molecule has 3 rings (SSSR count). The number of aromatic nitrogens is 2. The number of amides is 1. The molecule has 1 aromatic carbocycles. The number of hydrogen-bond acceptors (Lipinski definition) is 8. The predicted octanol–water partition coefficient (Wildman–Crippen LogP) is 3.23. The first-order valence-corrected chi connectivity index (χ1v) is 11.6. The van der Waals surface area contributed by atoms with Crippen LogP contribution in [-0.2, 0) is 27.2 Å². The van der Waals surface area contributed by atoms with Crippen LogP contribution in [0, 0.1) is 0 Å². The van der Waals surface area contributed by atoms with Crippen LogP contribution in [0.15, 0.2) is 36.5 Å². The summed E-state index contributed by atoms with van der Waals surface area (Å²) < 4.78 is 17.0. The highest BCUT2D eigenvalue weighted by molar-refractivity contribution is 6.11. The number of carbonyl (C=O) groups excluding carboxylic acids is 2. The number of benzene rings is 1. The van der Waals surface area contributed by atoms with Gasteiger partial charge < -0.3 is 34.5 Å². The highest BCUT2D eigenvalue weighted by atomic mass is 16.5. The molecule has 3 aromatic rings. The van der Waals surface area contributed by atoms with Gasteiger partial charge >= 0.3 is 5.97 Å². The zero-order valence-corrected chi connectivity index (χ0v) is 21.5.